The molecule has 0 saturated heterocycles. The van der Waals surface area contributed by atoms with Crippen LogP contribution >= 0.6 is 0 Å². The first-order chi connectivity index (χ1) is 8.56. The first-order valence-electron chi connectivity index (χ1n) is 8.17. The van der Waals surface area contributed by atoms with E-state index in [0.29, 0.717) is 0 Å². The summed E-state index contributed by atoms with van der Waals surface area (Å²) < 4.78 is 0. The summed E-state index contributed by atoms with van der Waals surface area (Å²) in [6.45, 7) is 13.3. The molecular formula is C18H36. The molecule has 0 rings (SSSR count). The van der Waals surface area contributed by atoms with Gasteiger partial charge in [-0.3, -0.25) is 0 Å². The molecule has 0 aromatic heterocycles. The zero-order valence-electron chi connectivity index (χ0n) is 13.4. The standard InChI is InChI=1S/C18H36/c1-6-7-8-12-17(4)14-10-15-18(5)13-9-11-16(2)3/h6,16-18H,1,7-15H2,2-5H3/t17-,18+/m0/s1. The van der Waals surface area contributed by atoms with Gasteiger partial charge in [0.25, 0.3) is 0 Å². The molecule has 0 amide bonds. The summed E-state index contributed by atoms with van der Waals surface area (Å²) in [7, 11) is 0. The molecule has 0 saturated carbocycles. The van der Waals surface area contributed by atoms with Crippen molar-refractivity contribution in [3.05, 3.63) is 12.7 Å². The largest absolute Gasteiger partial charge is 0.103 e. The van der Waals surface area contributed by atoms with Crippen LogP contribution in [0.4, 0.5) is 0 Å². The van der Waals surface area contributed by atoms with Crippen LogP contribution in [0.15, 0.2) is 12.7 Å². The second kappa shape index (κ2) is 11.8. The van der Waals surface area contributed by atoms with E-state index in [9.17, 15) is 0 Å². The lowest BCUT2D eigenvalue weighted by atomic mass is 9.92. The molecule has 0 aromatic carbocycles. The normalized spacial score (nSPS) is 14.7. The van der Waals surface area contributed by atoms with E-state index in [-0.39, 0.29) is 0 Å². The molecule has 0 bridgehead atoms. The highest BCUT2D eigenvalue weighted by atomic mass is 14.1. The Morgan fingerprint density at radius 3 is 1.61 bits per heavy atom. The quantitative estimate of drug-likeness (QED) is 0.271. The van der Waals surface area contributed by atoms with E-state index in [1.807, 2.05) is 6.08 Å². The van der Waals surface area contributed by atoms with Crippen molar-refractivity contribution in [3.63, 3.8) is 0 Å². The van der Waals surface area contributed by atoms with Gasteiger partial charge in [0.15, 0.2) is 0 Å². The van der Waals surface area contributed by atoms with Crippen LogP contribution in [-0.2, 0) is 0 Å². The molecule has 0 aromatic rings. The molecule has 0 spiro atoms. The molecule has 0 N–H and O–H groups in total. The lowest BCUT2D eigenvalue weighted by Gasteiger charge is -2.14. The summed E-state index contributed by atoms with van der Waals surface area (Å²) in [5, 5.41) is 0. The van der Waals surface area contributed by atoms with Gasteiger partial charge in [-0.25, -0.2) is 0 Å². The zero-order valence-corrected chi connectivity index (χ0v) is 13.4. The molecule has 0 heterocycles. The first-order valence-corrected chi connectivity index (χ1v) is 8.17. The summed E-state index contributed by atoms with van der Waals surface area (Å²) in [6, 6.07) is 0. The molecule has 0 aliphatic rings. The number of rotatable bonds is 12. The molecular weight excluding hydrogens is 216 g/mol. The van der Waals surface area contributed by atoms with Crippen molar-refractivity contribution in [1.29, 1.82) is 0 Å². The van der Waals surface area contributed by atoms with E-state index in [1.165, 1.54) is 57.8 Å². The first kappa shape index (κ1) is 17.7. The van der Waals surface area contributed by atoms with Crippen LogP contribution in [0.5, 0.6) is 0 Å². The number of hydrogen-bond acceptors (Lipinski definition) is 0. The van der Waals surface area contributed by atoms with Crippen LogP contribution in [0.25, 0.3) is 0 Å². The Kier molecular flexibility index (Phi) is 11.6. The van der Waals surface area contributed by atoms with Crippen LogP contribution < -0.4 is 0 Å². The van der Waals surface area contributed by atoms with E-state index >= 15 is 0 Å². The van der Waals surface area contributed by atoms with Crippen molar-refractivity contribution in [3.8, 4) is 0 Å². The number of hydrogen-bond donors (Lipinski definition) is 0. The fourth-order valence-electron chi connectivity index (χ4n) is 2.59. The Labute approximate surface area is 116 Å². The topological polar surface area (TPSA) is 0 Å². The fourth-order valence-corrected chi connectivity index (χ4v) is 2.59. The van der Waals surface area contributed by atoms with Crippen molar-refractivity contribution in [2.45, 2.75) is 85.5 Å². The maximum Gasteiger partial charge on any atom is -0.0353 e. The van der Waals surface area contributed by atoms with Gasteiger partial charge in [0.2, 0.25) is 0 Å². The summed E-state index contributed by atoms with van der Waals surface area (Å²) in [4.78, 5) is 0. The lowest BCUT2D eigenvalue weighted by molar-refractivity contribution is 0.389. The zero-order chi connectivity index (χ0) is 13.8. The van der Waals surface area contributed by atoms with E-state index in [4.69, 9.17) is 0 Å². The molecule has 0 unspecified atom stereocenters. The minimum Gasteiger partial charge on any atom is -0.103 e. The van der Waals surface area contributed by atoms with Crippen molar-refractivity contribution in [2.75, 3.05) is 0 Å². The predicted molar refractivity (Wildman–Crippen MR) is 84.9 cm³/mol. The third kappa shape index (κ3) is 12.2. The van der Waals surface area contributed by atoms with Gasteiger partial charge in [-0.15, -0.1) is 6.58 Å². The summed E-state index contributed by atoms with van der Waals surface area (Å²) in [6.07, 6.45) is 14.5. The summed E-state index contributed by atoms with van der Waals surface area (Å²) in [5.41, 5.74) is 0. The second-order valence-corrected chi connectivity index (χ2v) is 6.69. The summed E-state index contributed by atoms with van der Waals surface area (Å²) >= 11 is 0. The van der Waals surface area contributed by atoms with Gasteiger partial charge in [-0.2, -0.15) is 0 Å². The highest BCUT2D eigenvalue weighted by molar-refractivity contribution is 4.67. The molecule has 0 nitrogen and oxygen atoms in total. The minimum absolute atomic E-state index is 0.877. The Bertz CT molecular complexity index is 180. The summed E-state index contributed by atoms with van der Waals surface area (Å²) in [5.74, 6) is 2.72. The molecule has 0 aliphatic carbocycles. The van der Waals surface area contributed by atoms with Gasteiger partial charge in [-0.1, -0.05) is 78.7 Å². The lowest BCUT2D eigenvalue weighted by Crippen LogP contribution is -2.00. The highest BCUT2D eigenvalue weighted by Crippen LogP contribution is 2.21. The van der Waals surface area contributed by atoms with Crippen molar-refractivity contribution in [2.24, 2.45) is 17.8 Å². The van der Waals surface area contributed by atoms with E-state index in [0.717, 1.165) is 17.8 Å². The van der Waals surface area contributed by atoms with Gasteiger partial charge >= 0.3 is 0 Å². The van der Waals surface area contributed by atoms with E-state index in [2.05, 4.69) is 34.3 Å². The molecule has 0 aliphatic heterocycles. The third-order valence-electron chi connectivity index (χ3n) is 3.98. The molecule has 0 heteroatoms. The van der Waals surface area contributed by atoms with Crippen molar-refractivity contribution in [1.82, 2.24) is 0 Å². The average Bonchev–Trinajstić information content (AvgIpc) is 2.29. The van der Waals surface area contributed by atoms with Gasteiger partial charge in [0, 0.05) is 0 Å². The van der Waals surface area contributed by atoms with Crippen LogP contribution in [0.1, 0.15) is 85.5 Å². The monoisotopic (exact) mass is 252 g/mol. The fraction of sp³-hybridized carbons (Fsp3) is 0.889. The van der Waals surface area contributed by atoms with Crippen LogP contribution in [0, 0.1) is 17.8 Å². The van der Waals surface area contributed by atoms with Gasteiger partial charge < -0.3 is 0 Å². The molecule has 108 valence electrons. The van der Waals surface area contributed by atoms with Crippen LogP contribution in [0.2, 0.25) is 0 Å². The van der Waals surface area contributed by atoms with Crippen molar-refractivity contribution >= 4 is 0 Å². The number of allylic oxidation sites excluding steroid dienone is 1. The smallest absolute Gasteiger partial charge is 0.0353 e. The molecule has 0 fully saturated rings. The van der Waals surface area contributed by atoms with Gasteiger partial charge in [-0.05, 0) is 30.6 Å². The van der Waals surface area contributed by atoms with E-state index < -0.39 is 0 Å². The van der Waals surface area contributed by atoms with Gasteiger partial charge in [0.05, 0.1) is 0 Å². The SMILES string of the molecule is C=CCCC[C@H](C)CCC[C@H](C)CCCC(C)C. The highest BCUT2D eigenvalue weighted by Gasteiger charge is 2.06. The number of unbranched alkanes of at least 4 members (excludes halogenated alkanes) is 1. The van der Waals surface area contributed by atoms with E-state index in [1.54, 1.807) is 0 Å². The third-order valence-corrected chi connectivity index (χ3v) is 3.98. The molecule has 2 atom stereocenters. The Hall–Kier alpha value is -0.260. The molecule has 0 radical (unpaired) electrons. The maximum absolute atomic E-state index is 3.78. The van der Waals surface area contributed by atoms with Crippen LogP contribution in [0.3, 0.4) is 0 Å². The second-order valence-electron chi connectivity index (χ2n) is 6.69. The Balaban J connectivity index is 3.37. The van der Waals surface area contributed by atoms with Gasteiger partial charge in [0.1, 0.15) is 0 Å². The predicted octanol–water partition coefficient (Wildman–Crippen LogP) is 6.61. The average molecular weight is 252 g/mol. The Morgan fingerprint density at radius 1 is 0.722 bits per heavy atom. The van der Waals surface area contributed by atoms with Crippen molar-refractivity contribution < 1.29 is 0 Å². The van der Waals surface area contributed by atoms with Crippen LogP contribution in [-0.4, -0.2) is 0 Å². The minimum atomic E-state index is 0.877. The molecule has 18 heavy (non-hydrogen) atoms. The Morgan fingerprint density at radius 2 is 1.17 bits per heavy atom. The maximum atomic E-state index is 3.78.